The van der Waals surface area contributed by atoms with Gasteiger partial charge in [0.25, 0.3) is 0 Å². The lowest BCUT2D eigenvalue weighted by Crippen LogP contribution is -2.33. The van der Waals surface area contributed by atoms with Crippen molar-refractivity contribution in [3.63, 3.8) is 0 Å². The van der Waals surface area contributed by atoms with Crippen LogP contribution in [0.4, 0.5) is 0 Å². The van der Waals surface area contributed by atoms with Gasteiger partial charge in [0.05, 0.1) is 0 Å². The van der Waals surface area contributed by atoms with E-state index in [9.17, 15) is 0 Å². The lowest BCUT2D eigenvalue weighted by molar-refractivity contribution is 0.484. The number of thioether (sulfide) groups is 2. The van der Waals surface area contributed by atoms with Gasteiger partial charge in [-0.2, -0.15) is 23.5 Å². The molecule has 0 radical (unpaired) electrons. The van der Waals surface area contributed by atoms with Gasteiger partial charge in [0.15, 0.2) is 0 Å². The minimum Gasteiger partial charge on any atom is -0.314 e. The Kier molecular flexibility index (Phi) is 8.02. The molecule has 0 bridgehead atoms. The molecule has 0 spiro atoms. The molecule has 1 saturated heterocycles. The van der Waals surface area contributed by atoms with Gasteiger partial charge in [0, 0.05) is 6.04 Å². The SMILES string of the molecule is CC(C)CSCCCNC1CCSCC1. The summed E-state index contributed by atoms with van der Waals surface area (Å²) < 4.78 is 0. The van der Waals surface area contributed by atoms with Crippen LogP contribution in [0.3, 0.4) is 0 Å². The molecule has 3 heteroatoms. The normalized spacial score (nSPS) is 18.6. The van der Waals surface area contributed by atoms with Crippen LogP contribution in [0.1, 0.15) is 33.1 Å². The largest absolute Gasteiger partial charge is 0.314 e. The highest BCUT2D eigenvalue weighted by Crippen LogP contribution is 2.16. The molecule has 15 heavy (non-hydrogen) atoms. The third-order valence-electron chi connectivity index (χ3n) is 2.57. The van der Waals surface area contributed by atoms with Crippen molar-refractivity contribution >= 4 is 23.5 Å². The maximum Gasteiger partial charge on any atom is 0.00827 e. The first-order valence-corrected chi connectivity index (χ1v) is 8.49. The molecule has 1 N–H and O–H groups in total. The van der Waals surface area contributed by atoms with Crippen LogP contribution >= 0.6 is 23.5 Å². The quantitative estimate of drug-likeness (QED) is 0.694. The van der Waals surface area contributed by atoms with Crippen LogP contribution in [-0.4, -0.2) is 35.6 Å². The minimum atomic E-state index is 0.821. The zero-order chi connectivity index (χ0) is 10.9. The summed E-state index contributed by atoms with van der Waals surface area (Å²) in [6.07, 6.45) is 4.09. The molecule has 0 amide bonds. The second-order valence-corrected chi connectivity index (χ2v) is 7.04. The number of hydrogen-bond donors (Lipinski definition) is 1. The van der Waals surface area contributed by atoms with Gasteiger partial charge in [-0.25, -0.2) is 0 Å². The second-order valence-electron chi connectivity index (χ2n) is 4.66. The van der Waals surface area contributed by atoms with Crippen molar-refractivity contribution in [3.8, 4) is 0 Å². The minimum absolute atomic E-state index is 0.821. The van der Waals surface area contributed by atoms with Gasteiger partial charge in [-0.1, -0.05) is 13.8 Å². The van der Waals surface area contributed by atoms with Crippen molar-refractivity contribution in [2.75, 3.05) is 29.6 Å². The second kappa shape index (κ2) is 8.77. The third kappa shape index (κ3) is 7.53. The first-order valence-electron chi connectivity index (χ1n) is 6.18. The van der Waals surface area contributed by atoms with Gasteiger partial charge in [-0.05, 0) is 54.7 Å². The molecule has 1 nitrogen and oxygen atoms in total. The molecule has 0 aromatic rings. The van der Waals surface area contributed by atoms with E-state index in [1.54, 1.807) is 0 Å². The molecule has 0 atom stereocenters. The van der Waals surface area contributed by atoms with Crippen LogP contribution in [0.15, 0.2) is 0 Å². The van der Waals surface area contributed by atoms with Crippen LogP contribution in [0.25, 0.3) is 0 Å². The molecule has 1 heterocycles. The molecule has 1 fully saturated rings. The van der Waals surface area contributed by atoms with E-state index in [1.165, 1.54) is 48.8 Å². The molecule has 0 aliphatic carbocycles. The Balaban J connectivity index is 1.83. The first-order chi connectivity index (χ1) is 7.29. The van der Waals surface area contributed by atoms with E-state index in [0.29, 0.717) is 0 Å². The van der Waals surface area contributed by atoms with Crippen molar-refractivity contribution in [3.05, 3.63) is 0 Å². The van der Waals surface area contributed by atoms with E-state index < -0.39 is 0 Å². The van der Waals surface area contributed by atoms with Crippen molar-refractivity contribution in [1.29, 1.82) is 0 Å². The van der Waals surface area contributed by atoms with E-state index >= 15 is 0 Å². The van der Waals surface area contributed by atoms with E-state index in [4.69, 9.17) is 0 Å². The first kappa shape index (κ1) is 13.7. The highest BCUT2D eigenvalue weighted by molar-refractivity contribution is 7.99. The molecule has 0 saturated carbocycles. The maximum atomic E-state index is 3.68. The Morgan fingerprint density at radius 1 is 1.33 bits per heavy atom. The smallest absolute Gasteiger partial charge is 0.00827 e. The molecule has 90 valence electrons. The van der Waals surface area contributed by atoms with Crippen LogP contribution in [0.2, 0.25) is 0 Å². The monoisotopic (exact) mass is 247 g/mol. The van der Waals surface area contributed by atoms with Crippen molar-refractivity contribution in [2.24, 2.45) is 5.92 Å². The Morgan fingerprint density at radius 3 is 2.73 bits per heavy atom. The molecule has 0 unspecified atom stereocenters. The topological polar surface area (TPSA) is 12.0 Å². The van der Waals surface area contributed by atoms with Gasteiger partial charge in [-0.15, -0.1) is 0 Å². The fourth-order valence-electron chi connectivity index (χ4n) is 1.70. The molecule has 1 aliphatic heterocycles. The predicted octanol–water partition coefficient (Wildman–Crippen LogP) is 3.25. The summed E-state index contributed by atoms with van der Waals surface area (Å²) in [5, 5.41) is 3.68. The summed E-state index contributed by atoms with van der Waals surface area (Å²) in [5.41, 5.74) is 0. The highest BCUT2D eigenvalue weighted by Gasteiger charge is 2.11. The van der Waals surface area contributed by atoms with Crippen molar-refractivity contribution in [2.45, 2.75) is 39.2 Å². The molecule has 1 aliphatic rings. The Hall–Kier alpha value is 0.660. The zero-order valence-electron chi connectivity index (χ0n) is 10.1. The van der Waals surface area contributed by atoms with E-state index in [2.05, 4.69) is 42.7 Å². The summed E-state index contributed by atoms with van der Waals surface area (Å²) in [6, 6.07) is 0.821. The zero-order valence-corrected chi connectivity index (χ0v) is 11.8. The van der Waals surface area contributed by atoms with Gasteiger partial charge < -0.3 is 5.32 Å². The molecule has 0 aromatic carbocycles. The Morgan fingerprint density at radius 2 is 2.07 bits per heavy atom. The van der Waals surface area contributed by atoms with Crippen LogP contribution in [-0.2, 0) is 0 Å². The summed E-state index contributed by atoms with van der Waals surface area (Å²) in [4.78, 5) is 0. The Bertz CT molecular complexity index is 145. The van der Waals surface area contributed by atoms with Gasteiger partial charge in [0.1, 0.15) is 0 Å². The molecular weight excluding hydrogens is 222 g/mol. The average Bonchev–Trinajstić information content (AvgIpc) is 2.24. The van der Waals surface area contributed by atoms with Crippen molar-refractivity contribution in [1.82, 2.24) is 5.32 Å². The maximum absolute atomic E-state index is 3.68. The lowest BCUT2D eigenvalue weighted by Gasteiger charge is -2.22. The fourth-order valence-corrected chi connectivity index (χ4v) is 3.79. The van der Waals surface area contributed by atoms with Gasteiger partial charge >= 0.3 is 0 Å². The third-order valence-corrected chi connectivity index (χ3v) is 5.10. The summed E-state index contributed by atoms with van der Waals surface area (Å²) in [6.45, 7) is 5.82. The number of rotatable bonds is 7. The van der Waals surface area contributed by atoms with Crippen LogP contribution in [0.5, 0.6) is 0 Å². The fraction of sp³-hybridized carbons (Fsp3) is 1.00. The van der Waals surface area contributed by atoms with E-state index in [1.807, 2.05) is 0 Å². The van der Waals surface area contributed by atoms with Gasteiger partial charge in [-0.3, -0.25) is 0 Å². The van der Waals surface area contributed by atoms with Crippen molar-refractivity contribution < 1.29 is 0 Å². The highest BCUT2D eigenvalue weighted by atomic mass is 32.2. The van der Waals surface area contributed by atoms with E-state index in [0.717, 1.165) is 12.0 Å². The standard InChI is InChI=1S/C12H25NS2/c1-11(2)10-15-7-3-6-13-12-4-8-14-9-5-12/h11-13H,3-10H2,1-2H3. The molecule has 1 rings (SSSR count). The predicted molar refractivity (Wildman–Crippen MR) is 75.1 cm³/mol. The van der Waals surface area contributed by atoms with Gasteiger partial charge in [0.2, 0.25) is 0 Å². The number of nitrogens with one attached hydrogen (secondary N) is 1. The van der Waals surface area contributed by atoms with E-state index in [-0.39, 0.29) is 0 Å². The molecular formula is C12H25NS2. The summed E-state index contributed by atoms with van der Waals surface area (Å²) >= 11 is 4.21. The van der Waals surface area contributed by atoms with Crippen LogP contribution < -0.4 is 5.32 Å². The average molecular weight is 247 g/mol. The number of hydrogen-bond acceptors (Lipinski definition) is 3. The molecule has 0 aromatic heterocycles. The summed E-state index contributed by atoms with van der Waals surface area (Å²) in [7, 11) is 0. The van der Waals surface area contributed by atoms with Crippen LogP contribution in [0, 0.1) is 5.92 Å². The lowest BCUT2D eigenvalue weighted by atomic mass is 10.1. The summed E-state index contributed by atoms with van der Waals surface area (Å²) in [5.74, 6) is 6.21. The Labute approximate surface area is 104 Å².